The quantitative estimate of drug-likeness (QED) is 0.592. The van der Waals surface area contributed by atoms with Crippen LogP contribution in [0.5, 0.6) is 5.75 Å². The molecule has 4 nitrogen and oxygen atoms in total. The molecule has 0 aliphatic heterocycles. The molecular weight excluding hydrogens is 284 g/mol. The molecule has 1 aromatic carbocycles. The fourth-order valence-electron chi connectivity index (χ4n) is 1.83. The lowest BCUT2D eigenvalue weighted by Crippen LogP contribution is -2.37. The van der Waals surface area contributed by atoms with Gasteiger partial charge >= 0.3 is 0 Å². The summed E-state index contributed by atoms with van der Waals surface area (Å²) in [6.45, 7) is 8.57. The molecule has 0 atom stereocenters. The summed E-state index contributed by atoms with van der Waals surface area (Å²) in [5.41, 5.74) is 7.66. The van der Waals surface area contributed by atoms with Gasteiger partial charge in [0, 0.05) is 19.5 Å². The van der Waals surface area contributed by atoms with Crippen LogP contribution in [-0.2, 0) is 4.79 Å². The van der Waals surface area contributed by atoms with Gasteiger partial charge in [0.25, 0.3) is 5.91 Å². The first-order valence-electron chi connectivity index (χ1n) is 6.81. The van der Waals surface area contributed by atoms with Gasteiger partial charge in [-0.3, -0.25) is 4.79 Å². The standard InChI is InChI=1S/C16H22N2O2S/c1-4-9-18(10-8-15(17)21)16(19)11-20-14-7-5-6-12(2)13(14)3/h4-7H,1,8-11H2,2-3H3,(H2,17,21). The molecule has 0 unspecified atom stereocenters. The van der Waals surface area contributed by atoms with Gasteiger partial charge in [-0.25, -0.2) is 0 Å². The Morgan fingerprint density at radius 1 is 1.48 bits per heavy atom. The topological polar surface area (TPSA) is 55.6 Å². The normalized spacial score (nSPS) is 10.0. The molecule has 0 aliphatic rings. The zero-order chi connectivity index (χ0) is 15.8. The predicted molar refractivity (Wildman–Crippen MR) is 89.6 cm³/mol. The number of carbonyl (C=O) groups excluding carboxylic acids is 1. The van der Waals surface area contributed by atoms with Crippen molar-refractivity contribution in [3.05, 3.63) is 42.0 Å². The van der Waals surface area contributed by atoms with Crippen LogP contribution >= 0.6 is 12.2 Å². The third-order valence-corrected chi connectivity index (χ3v) is 3.44. The van der Waals surface area contributed by atoms with Gasteiger partial charge in [0.2, 0.25) is 0 Å². The van der Waals surface area contributed by atoms with Crippen LogP contribution in [0.4, 0.5) is 0 Å². The second-order valence-corrected chi connectivity index (χ2v) is 5.36. The molecular formula is C16H22N2O2S. The van der Waals surface area contributed by atoms with Gasteiger partial charge < -0.3 is 15.4 Å². The average Bonchev–Trinajstić information content (AvgIpc) is 2.44. The van der Waals surface area contributed by atoms with E-state index in [-0.39, 0.29) is 12.5 Å². The number of rotatable bonds is 8. The maximum absolute atomic E-state index is 12.2. The van der Waals surface area contributed by atoms with Crippen LogP contribution in [-0.4, -0.2) is 35.5 Å². The third kappa shape index (κ3) is 5.55. The summed E-state index contributed by atoms with van der Waals surface area (Å²) in [7, 11) is 0. The Bertz CT molecular complexity index is 529. The van der Waals surface area contributed by atoms with Crippen LogP contribution in [0, 0.1) is 13.8 Å². The second kappa shape index (κ2) is 8.42. The van der Waals surface area contributed by atoms with Crippen molar-refractivity contribution in [1.82, 2.24) is 4.90 Å². The Kier molecular flexibility index (Phi) is 6.88. The molecule has 0 fully saturated rings. The number of amides is 1. The minimum absolute atomic E-state index is 0.00450. The molecule has 1 rings (SSSR count). The number of nitrogens with zero attached hydrogens (tertiary/aromatic N) is 1. The summed E-state index contributed by atoms with van der Waals surface area (Å²) in [4.78, 5) is 14.2. The zero-order valence-corrected chi connectivity index (χ0v) is 13.4. The first-order chi connectivity index (χ1) is 9.95. The van der Waals surface area contributed by atoms with E-state index in [9.17, 15) is 4.79 Å². The van der Waals surface area contributed by atoms with E-state index >= 15 is 0 Å². The predicted octanol–water partition coefficient (Wildman–Crippen LogP) is 2.37. The van der Waals surface area contributed by atoms with E-state index in [4.69, 9.17) is 22.7 Å². The number of carbonyl (C=O) groups is 1. The van der Waals surface area contributed by atoms with E-state index in [1.54, 1.807) is 11.0 Å². The lowest BCUT2D eigenvalue weighted by Gasteiger charge is -2.21. The Hall–Kier alpha value is -1.88. The highest BCUT2D eigenvalue weighted by Gasteiger charge is 2.13. The smallest absolute Gasteiger partial charge is 0.260 e. The Morgan fingerprint density at radius 2 is 2.19 bits per heavy atom. The van der Waals surface area contributed by atoms with Crippen LogP contribution in [0.15, 0.2) is 30.9 Å². The van der Waals surface area contributed by atoms with Crippen LogP contribution < -0.4 is 10.5 Å². The first kappa shape index (κ1) is 17.2. The number of benzene rings is 1. The number of ether oxygens (including phenoxy) is 1. The minimum atomic E-state index is -0.105. The molecule has 1 aromatic rings. The van der Waals surface area contributed by atoms with Crippen LogP contribution in [0.25, 0.3) is 0 Å². The summed E-state index contributed by atoms with van der Waals surface area (Å²) < 4.78 is 5.62. The van der Waals surface area contributed by atoms with Crippen LogP contribution in [0.3, 0.4) is 0 Å². The molecule has 0 aliphatic carbocycles. The molecule has 0 bridgehead atoms. The Balaban J connectivity index is 2.62. The molecule has 0 aromatic heterocycles. The van der Waals surface area contributed by atoms with Crippen LogP contribution in [0.1, 0.15) is 17.5 Å². The lowest BCUT2D eigenvalue weighted by atomic mass is 10.1. The Morgan fingerprint density at radius 3 is 2.81 bits per heavy atom. The zero-order valence-electron chi connectivity index (χ0n) is 12.6. The van der Waals surface area contributed by atoms with Crippen LogP contribution in [0.2, 0.25) is 0 Å². The lowest BCUT2D eigenvalue weighted by molar-refractivity contribution is -0.132. The van der Waals surface area contributed by atoms with E-state index in [2.05, 4.69) is 6.58 Å². The minimum Gasteiger partial charge on any atom is -0.483 e. The highest BCUT2D eigenvalue weighted by Crippen LogP contribution is 2.20. The molecule has 0 radical (unpaired) electrons. The van der Waals surface area contributed by atoms with E-state index in [1.807, 2.05) is 32.0 Å². The second-order valence-electron chi connectivity index (χ2n) is 4.83. The van der Waals surface area contributed by atoms with Crippen molar-refractivity contribution >= 4 is 23.1 Å². The summed E-state index contributed by atoms with van der Waals surface area (Å²) in [5, 5.41) is 0. The van der Waals surface area contributed by atoms with Crippen molar-refractivity contribution < 1.29 is 9.53 Å². The summed E-state index contributed by atoms with van der Waals surface area (Å²) in [5.74, 6) is 0.628. The van der Waals surface area contributed by atoms with E-state index in [0.29, 0.717) is 24.5 Å². The number of hydrogen-bond acceptors (Lipinski definition) is 3. The average molecular weight is 306 g/mol. The van der Waals surface area contributed by atoms with Gasteiger partial charge in [-0.2, -0.15) is 0 Å². The molecule has 0 saturated carbocycles. The summed E-state index contributed by atoms with van der Waals surface area (Å²) in [6, 6.07) is 5.79. The van der Waals surface area contributed by atoms with Gasteiger partial charge in [0.05, 0.1) is 4.99 Å². The van der Waals surface area contributed by atoms with Gasteiger partial charge in [0.15, 0.2) is 6.61 Å². The van der Waals surface area contributed by atoms with Gasteiger partial charge in [0.1, 0.15) is 5.75 Å². The van der Waals surface area contributed by atoms with Crippen molar-refractivity contribution in [3.63, 3.8) is 0 Å². The molecule has 21 heavy (non-hydrogen) atoms. The molecule has 0 heterocycles. The number of aryl methyl sites for hydroxylation is 1. The largest absolute Gasteiger partial charge is 0.483 e. The van der Waals surface area contributed by atoms with E-state index in [1.165, 1.54) is 0 Å². The number of thiocarbonyl (C=S) groups is 1. The van der Waals surface area contributed by atoms with Gasteiger partial charge in [-0.05, 0) is 31.0 Å². The first-order valence-corrected chi connectivity index (χ1v) is 7.22. The molecule has 1 amide bonds. The summed E-state index contributed by atoms with van der Waals surface area (Å²) in [6.07, 6.45) is 2.17. The molecule has 114 valence electrons. The number of nitrogens with two attached hydrogens (primary N) is 1. The SMILES string of the molecule is C=CCN(CCC(N)=S)C(=O)COc1cccc(C)c1C. The molecule has 5 heteroatoms. The van der Waals surface area contributed by atoms with Crippen molar-refractivity contribution in [2.75, 3.05) is 19.7 Å². The maximum atomic E-state index is 12.2. The third-order valence-electron chi connectivity index (χ3n) is 3.24. The fourth-order valence-corrected chi connectivity index (χ4v) is 1.92. The van der Waals surface area contributed by atoms with E-state index < -0.39 is 0 Å². The molecule has 0 spiro atoms. The Labute approximate surface area is 131 Å². The molecule has 2 N–H and O–H groups in total. The summed E-state index contributed by atoms with van der Waals surface area (Å²) >= 11 is 4.84. The van der Waals surface area contributed by atoms with Crippen molar-refractivity contribution in [3.8, 4) is 5.75 Å². The fraction of sp³-hybridized carbons (Fsp3) is 0.375. The van der Waals surface area contributed by atoms with Crippen molar-refractivity contribution in [1.29, 1.82) is 0 Å². The number of hydrogen-bond donors (Lipinski definition) is 1. The van der Waals surface area contributed by atoms with Crippen molar-refractivity contribution in [2.45, 2.75) is 20.3 Å². The van der Waals surface area contributed by atoms with Gasteiger partial charge in [-0.15, -0.1) is 6.58 Å². The highest BCUT2D eigenvalue weighted by molar-refractivity contribution is 7.80. The maximum Gasteiger partial charge on any atom is 0.260 e. The van der Waals surface area contributed by atoms with Gasteiger partial charge in [-0.1, -0.05) is 30.4 Å². The van der Waals surface area contributed by atoms with E-state index in [0.717, 1.165) is 16.9 Å². The highest BCUT2D eigenvalue weighted by atomic mass is 32.1. The van der Waals surface area contributed by atoms with Crippen molar-refractivity contribution in [2.24, 2.45) is 5.73 Å². The monoisotopic (exact) mass is 306 g/mol. The molecule has 0 saturated heterocycles.